The second kappa shape index (κ2) is 5.88. The van der Waals surface area contributed by atoms with Gasteiger partial charge in [-0.1, -0.05) is 36.4 Å². The number of fused-ring (bicyclic) bond motifs is 2. The van der Waals surface area contributed by atoms with Crippen molar-refractivity contribution in [3.8, 4) is 11.5 Å². The van der Waals surface area contributed by atoms with Crippen LogP contribution >= 0.6 is 0 Å². The van der Waals surface area contributed by atoms with E-state index in [-0.39, 0.29) is 12.1 Å². The second-order valence-electron chi connectivity index (χ2n) is 6.45. The third-order valence-corrected chi connectivity index (χ3v) is 4.64. The van der Waals surface area contributed by atoms with E-state index in [1.165, 1.54) is 6.92 Å². The highest BCUT2D eigenvalue weighted by Gasteiger charge is 2.53. The van der Waals surface area contributed by atoms with E-state index in [0.717, 1.165) is 0 Å². The normalized spacial score (nSPS) is 21.9. The van der Waals surface area contributed by atoms with E-state index in [0.29, 0.717) is 27.6 Å². The van der Waals surface area contributed by atoms with Gasteiger partial charge in [0, 0.05) is 23.3 Å². The summed E-state index contributed by atoms with van der Waals surface area (Å²) in [4.78, 5) is 13.3. The van der Waals surface area contributed by atoms with E-state index in [1.54, 1.807) is 48.5 Å². The molecule has 0 saturated heterocycles. The van der Waals surface area contributed by atoms with Gasteiger partial charge in [0.1, 0.15) is 11.5 Å². The minimum atomic E-state index is -3.14. The molecule has 1 amide bonds. The second-order valence-corrected chi connectivity index (χ2v) is 6.45. The summed E-state index contributed by atoms with van der Waals surface area (Å²) in [6.45, 7) is 1.51. The van der Waals surface area contributed by atoms with Gasteiger partial charge < -0.3 is 9.84 Å². The van der Waals surface area contributed by atoms with Crippen molar-refractivity contribution in [2.24, 2.45) is 5.10 Å². The smallest absolute Gasteiger partial charge is 0.287 e. The molecule has 2 aliphatic rings. The molecule has 0 bridgehead atoms. The highest BCUT2D eigenvalue weighted by Crippen LogP contribution is 2.46. The van der Waals surface area contributed by atoms with Crippen molar-refractivity contribution in [1.29, 1.82) is 0 Å². The molecule has 0 spiro atoms. The number of halogens is 2. The minimum Gasteiger partial charge on any atom is -0.457 e. The fourth-order valence-electron chi connectivity index (χ4n) is 3.45. The van der Waals surface area contributed by atoms with Gasteiger partial charge in [0.15, 0.2) is 0 Å². The number of rotatable bonds is 2. The van der Waals surface area contributed by atoms with Gasteiger partial charge in [-0.05, 0) is 19.1 Å². The molecule has 0 aliphatic carbocycles. The van der Waals surface area contributed by atoms with E-state index in [4.69, 9.17) is 4.74 Å². The van der Waals surface area contributed by atoms with Gasteiger partial charge in [0.2, 0.25) is 5.72 Å². The number of para-hydroxylation sites is 2. The van der Waals surface area contributed by atoms with Crippen molar-refractivity contribution < 1.29 is 23.4 Å². The zero-order valence-electron chi connectivity index (χ0n) is 13.9. The van der Waals surface area contributed by atoms with Crippen LogP contribution in [-0.4, -0.2) is 33.9 Å². The van der Waals surface area contributed by atoms with Crippen LogP contribution in [0.2, 0.25) is 0 Å². The summed E-state index contributed by atoms with van der Waals surface area (Å²) in [5, 5.41) is 14.9. The first-order chi connectivity index (χ1) is 12.4. The van der Waals surface area contributed by atoms with Crippen LogP contribution in [-0.2, 0) is 4.79 Å². The van der Waals surface area contributed by atoms with Crippen LogP contribution in [0.5, 0.6) is 11.5 Å². The number of ether oxygens (including phenoxy) is 1. The van der Waals surface area contributed by atoms with Gasteiger partial charge in [-0.3, -0.25) is 4.79 Å². The monoisotopic (exact) mass is 358 g/mol. The van der Waals surface area contributed by atoms with Gasteiger partial charge in [0.25, 0.3) is 12.3 Å². The van der Waals surface area contributed by atoms with E-state index in [1.807, 2.05) is 0 Å². The van der Waals surface area contributed by atoms with Gasteiger partial charge in [-0.25, -0.2) is 8.78 Å². The summed E-state index contributed by atoms with van der Waals surface area (Å²) in [7, 11) is 0. The number of nitrogens with zero attached hydrogens (tertiary/aromatic N) is 2. The van der Waals surface area contributed by atoms with Crippen molar-refractivity contribution in [2.45, 2.75) is 31.4 Å². The van der Waals surface area contributed by atoms with Crippen molar-refractivity contribution in [2.75, 3.05) is 0 Å². The Balaban J connectivity index is 1.84. The number of aliphatic hydroxyl groups is 1. The molecule has 2 aliphatic heterocycles. The Bertz CT molecular complexity index is 870. The Labute approximate surface area is 148 Å². The van der Waals surface area contributed by atoms with Crippen LogP contribution in [0.4, 0.5) is 8.78 Å². The number of amides is 1. The Hall–Kier alpha value is -2.80. The summed E-state index contributed by atoms with van der Waals surface area (Å²) >= 11 is 0. The van der Waals surface area contributed by atoms with Crippen LogP contribution in [0.15, 0.2) is 53.6 Å². The van der Waals surface area contributed by atoms with Crippen LogP contribution in [0.1, 0.15) is 30.4 Å². The largest absolute Gasteiger partial charge is 0.457 e. The topological polar surface area (TPSA) is 62.1 Å². The van der Waals surface area contributed by atoms with Crippen LogP contribution in [0.25, 0.3) is 0 Å². The molecule has 1 unspecified atom stereocenters. The molecule has 0 aromatic heterocycles. The number of carbonyl (C=O) groups is 1. The van der Waals surface area contributed by atoms with E-state index >= 15 is 0 Å². The summed E-state index contributed by atoms with van der Waals surface area (Å²) in [6.07, 6.45) is -3.53. The molecule has 7 heteroatoms. The number of hydrazone groups is 1. The summed E-state index contributed by atoms with van der Waals surface area (Å²) in [6, 6.07) is 13.9. The highest BCUT2D eigenvalue weighted by molar-refractivity contribution is 5.94. The molecule has 134 valence electrons. The summed E-state index contributed by atoms with van der Waals surface area (Å²) in [5.41, 5.74) is -1.27. The van der Waals surface area contributed by atoms with Gasteiger partial charge in [-0.2, -0.15) is 10.1 Å². The maximum Gasteiger partial charge on any atom is 0.287 e. The van der Waals surface area contributed by atoms with E-state index in [9.17, 15) is 18.7 Å². The molecule has 1 N–H and O–H groups in total. The summed E-state index contributed by atoms with van der Waals surface area (Å²) < 4.78 is 32.9. The number of benzene rings is 2. The maximum atomic E-state index is 13.5. The average molecular weight is 358 g/mol. The first-order valence-electron chi connectivity index (χ1n) is 8.16. The molecule has 4 rings (SSSR count). The van der Waals surface area contributed by atoms with Crippen molar-refractivity contribution in [3.63, 3.8) is 0 Å². The third-order valence-electron chi connectivity index (χ3n) is 4.64. The first kappa shape index (κ1) is 16.7. The lowest BCUT2D eigenvalue weighted by Gasteiger charge is -2.34. The number of carbonyl (C=O) groups excluding carboxylic acids is 1. The van der Waals surface area contributed by atoms with E-state index < -0.39 is 24.0 Å². The van der Waals surface area contributed by atoms with Crippen molar-refractivity contribution in [1.82, 2.24) is 5.01 Å². The van der Waals surface area contributed by atoms with Crippen LogP contribution in [0, 0.1) is 0 Å². The molecule has 2 heterocycles. The van der Waals surface area contributed by atoms with Gasteiger partial charge in [-0.15, -0.1) is 0 Å². The molecule has 1 atom stereocenters. The fraction of sp³-hybridized carbons (Fsp3) is 0.263. The minimum absolute atomic E-state index is 0.273. The molecule has 0 fully saturated rings. The average Bonchev–Trinajstić information content (AvgIpc) is 2.95. The lowest BCUT2D eigenvalue weighted by molar-refractivity contribution is -0.192. The SMILES string of the molecule is CC1=NN(C(=O)C2c3ccccc3Oc3ccccc32)C(O)(C(F)F)C1. The zero-order valence-corrected chi connectivity index (χ0v) is 13.9. The van der Waals surface area contributed by atoms with Crippen molar-refractivity contribution in [3.05, 3.63) is 59.7 Å². The fourth-order valence-corrected chi connectivity index (χ4v) is 3.45. The predicted molar refractivity (Wildman–Crippen MR) is 90.3 cm³/mol. The third kappa shape index (κ3) is 2.39. The van der Waals surface area contributed by atoms with E-state index in [2.05, 4.69) is 5.10 Å². The number of hydrogen-bond donors (Lipinski definition) is 1. The van der Waals surface area contributed by atoms with Gasteiger partial charge in [0.05, 0.1) is 5.92 Å². The Morgan fingerprint density at radius 3 is 2.27 bits per heavy atom. The summed E-state index contributed by atoms with van der Waals surface area (Å²) in [5.74, 6) is -0.654. The van der Waals surface area contributed by atoms with Crippen molar-refractivity contribution >= 4 is 11.6 Å². The highest BCUT2D eigenvalue weighted by atomic mass is 19.3. The molecule has 26 heavy (non-hydrogen) atoms. The van der Waals surface area contributed by atoms with Crippen LogP contribution < -0.4 is 4.74 Å². The molecular weight excluding hydrogens is 342 g/mol. The van der Waals surface area contributed by atoms with Gasteiger partial charge >= 0.3 is 0 Å². The molecule has 5 nitrogen and oxygen atoms in total. The molecule has 0 radical (unpaired) electrons. The molecule has 0 saturated carbocycles. The molecular formula is C19H16F2N2O3. The molecule has 2 aromatic rings. The Morgan fingerprint density at radius 2 is 1.73 bits per heavy atom. The lowest BCUT2D eigenvalue weighted by atomic mass is 9.86. The van der Waals surface area contributed by atoms with Crippen LogP contribution in [0.3, 0.4) is 0 Å². The molecule has 2 aromatic carbocycles. The maximum absolute atomic E-state index is 13.5. The predicted octanol–water partition coefficient (Wildman–Crippen LogP) is 3.49. The Kier molecular flexibility index (Phi) is 3.77. The number of hydrogen-bond acceptors (Lipinski definition) is 4. The first-order valence-corrected chi connectivity index (χ1v) is 8.16. The zero-order chi connectivity index (χ0) is 18.5. The lowest BCUT2D eigenvalue weighted by Crippen LogP contribution is -2.53. The quantitative estimate of drug-likeness (QED) is 0.894. The number of alkyl halides is 2. The Morgan fingerprint density at radius 1 is 1.19 bits per heavy atom. The standard InChI is InChI=1S/C19H16F2N2O3/c1-11-10-19(25,18(20)21)23(22-11)17(24)16-12-6-2-4-8-14(12)26-15-9-5-3-7-13(15)16/h2-9,16,18,25H,10H2,1H3.